The average molecular weight is 191 g/mol. The second-order valence-corrected chi connectivity index (χ2v) is 3.79. The van der Waals surface area contributed by atoms with Gasteiger partial charge in [-0.25, -0.2) is 4.39 Å². The third-order valence-corrected chi connectivity index (χ3v) is 3.14. The van der Waals surface area contributed by atoms with Gasteiger partial charge in [0.15, 0.2) is 0 Å². The van der Waals surface area contributed by atoms with Crippen molar-refractivity contribution in [2.45, 2.75) is 36.8 Å². The van der Waals surface area contributed by atoms with Crippen LogP contribution in [0.15, 0.2) is 0 Å². The van der Waals surface area contributed by atoms with Crippen LogP contribution >= 0.6 is 0 Å². The summed E-state index contributed by atoms with van der Waals surface area (Å²) in [6, 6.07) is -1.12. The van der Waals surface area contributed by atoms with Gasteiger partial charge < -0.3 is 15.3 Å². The van der Waals surface area contributed by atoms with Crippen LogP contribution in [0.25, 0.3) is 0 Å². The fraction of sp³-hybridized carbons (Fsp3) is 1.00. The standard InChI is InChI=1S/C8H14FNO3/c9-3-4-7(12)8(13)6-5(11)1-2-10(4)6/h4-8,11-13H,1-3H2. The Balaban J connectivity index is 2.19. The number of rotatable bonds is 1. The molecule has 2 heterocycles. The molecule has 13 heavy (non-hydrogen) atoms. The monoisotopic (exact) mass is 191 g/mol. The van der Waals surface area contributed by atoms with Gasteiger partial charge in [0.05, 0.1) is 30.4 Å². The van der Waals surface area contributed by atoms with E-state index in [9.17, 15) is 19.7 Å². The van der Waals surface area contributed by atoms with E-state index in [4.69, 9.17) is 0 Å². The lowest BCUT2D eigenvalue weighted by molar-refractivity contribution is 0.00193. The van der Waals surface area contributed by atoms with E-state index in [1.165, 1.54) is 0 Å². The van der Waals surface area contributed by atoms with E-state index in [0.29, 0.717) is 13.0 Å². The fourth-order valence-corrected chi connectivity index (χ4v) is 2.44. The molecule has 3 N–H and O–H groups in total. The molecule has 5 atom stereocenters. The molecule has 0 amide bonds. The zero-order valence-corrected chi connectivity index (χ0v) is 7.17. The molecule has 0 aliphatic carbocycles. The number of nitrogens with zero attached hydrogens (tertiary/aromatic N) is 1. The minimum atomic E-state index is -1.06. The van der Waals surface area contributed by atoms with Crippen LogP contribution in [0.3, 0.4) is 0 Å². The normalized spacial score (nSPS) is 51.2. The highest BCUT2D eigenvalue weighted by Crippen LogP contribution is 2.33. The van der Waals surface area contributed by atoms with Gasteiger partial charge in [-0.2, -0.15) is 0 Å². The van der Waals surface area contributed by atoms with Gasteiger partial charge in [-0.1, -0.05) is 0 Å². The zero-order valence-electron chi connectivity index (χ0n) is 7.17. The summed E-state index contributed by atoms with van der Waals surface area (Å²) in [6.45, 7) is -0.129. The number of alkyl halides is 1. The molecule has 2 aliphatic heterocycles. The quantitative estimate of drug-likeness (QED) is 0.472. The summed E-state index contributed by atoms with van der Waals surface area (Å²) >= 11 is 0. The maximum atomic E-state index is 12.5. The molecule has 2 aliphatic rings. The first-order valence-corrected chi connectivity index (χ1v) is 4.52. The lowest BCUT2D eigenvalue weighted by atomic mass is 10.0. The molecular weight excluding hydrogens is 177 g/mol. The van der Waals surface area contributed by atoms with Crippen molar-refractivity contribution in [2.75, 3.05) is 13.2 Å². The van der Waals surface area contributed by atoms with Gasteiger partial charge in [-0.05, 0) is 6.42 Å². The van der Waals surface area contributed by atoms with Gasteiger partial charge in [0.25, 0.3) is 0 Å². The number of aliphatic hydroxyl groups excluding tert-OH is 3. The first-order chi connectivity index (χ1) is 6.16. The molecular formula is C8H14FNO3. The smallest absolute Gasteiger partial charge is 0.108 e. The van der Waals surface area contributed by atoms with E-state index in [2.05, 4.69) is 0 Å². The summed E-state index contributed by atoms with van der Waals surface area (Å²) < 4.78 is 12.5. The van der Waals surface area contributed by atoms with Crippen LogP contribution in [0, 0.1) is 0 Å². The van der Waals surface area contributed by atoms with Gasteiger partial charge in [-0.15, -0.1) is 0 Å². The molecule has 2 fully saturated rings. The van der Waals surface area contributed by atoms with Crippen LogP contribution in [0.5, 0.6) is 0 Å². The van der Waals surface area contributed by atoms with Crippen LogP contribution in [0.1, 0.15) is 6.42 Å². The number of halogens is 1. The molecule has 5 unspecified atom stereocenters. The van der Waals surface area contributed by atoms with Gasteiger partial charge in [0.1, 0.15) is 6.67 Å². The van der Waals surface area contributed by atoms with Gasteiger partial charge in [-0.3, -0.25) is 4.90 Å². The molecule has 0 bridgehead atoms. The van der Waals surface area contributed by atoms with Crippen LogP contribution in [0.2, 0.25) is 0 Å². The van der Waals surface area contributed by atoms with E-state index >= 15 is 0 Å². The molecule has 4 nitrogen and oxygen atoms in total. The fourth-order valence-electron chi connectivity index (χ4n) is 2.44. The Morgan fingerprint density at radius 2 is 1.92 bits per heavy atom. The SMILES string of the molecule is OC1CCN2C(CF)C(O)C(O)C12. The van der Waals surface area contributed by atoms with Crippen molar-refractivity contribution in [1.82, 2.24) is 4.90 Å². The topological polar surface area (TPSA) is 63.9 Å². The number of aliphatic hydroxyl groups is 3. The maximum absolute atomic E-state index is 12.5. The van der Waals surface area contributed by atoms with Crippen molar-refractivity contribution < 1.29 is 19.7 Å². The van der Waals surface area contributed by atoms with Crippen LogP contribution in [0.4, 0.5) is 4.39 Å². The van der Waals surface area contributed by atoms with Crippen LogP contribution in [-0.4, -0.2) is 63.8 Å². The molecule has 0 spiro atoms. The predicted octanol–water partition coefficient (Wildman–Crippen LogP) is -1.50. The van der Waals surface area contributed by atoms with Crippen molar-refractivity contribution in [3.63, 3.8) is 0 Å². The summed E-state index contributed by atoms with van der Waals surface area (Å²) in [5, 5.41) is 28.4. The molecule has 0 radical (unpaired) electrons. The average Bonchev–Trinajstić information content (AvgIpc) is 2.57. The van der Waals surface area contributed by atoms with E-state index in [1.807, 2.05) is 0 Å². The lowest BCUT2D eigenvalue weighted by Crippen LogP contribution is -2.39. The third-order valence-electron chi connectivity index (χ3n) is 3.14. The third kappa shape index (κ3) is 1.19. The van der Waals surface area contributed by atoms with E-state index < -0.39 is 37.1 Å². The molecule has 0 saturated carbocycles. The minimum Gasteiger partial charge on any atom is -0.391 e. The highest BCUT2D eigenvalue weighted by Gasteiger charge is 2.53. The van der Waals surface area contributed by atoms with Crippen molar-refractivity contribution >= 4 is 0 Å². The van der Waals surface area contributed by atoms with Gasteiger partial charge >= 0.3 is 0 Å². The molecule has 2 saturated heterocycles. The van der Waals surface area contributed by atoms with Crippen LogP contribution < -0.4 is 0 Å². The first-order valence-electron chi connectivity index (χ1n) is 4.52. The Hall–Kier alpha value is -0.230. The minimum absolute atomic E-state index is 0.476. The number of hydrogen-bond acceptors (Lipinski definition) is 4. The molecule has 76 valence electrons. The van der Waals surface area contributed by atoms with Crippen molar-refractivity contribution in [3.8, 4) is 0 Å². The summed E-state index contributed by atoms with van der Waals surface area (Å²) in [6.07, 6.45) is -2.17. The van der Waals surface area contributed by atoms with Crippen LogP contribution in [-0.2, 0) is 0 Å². The summed E-state index contributed by atoms with van der Waals surface area (Å²) in [7, 11) is 0. The Kier molecular flexibility index (Phi) is 2.27. The van der Waals surface area contributed by atoms with Crippen molar-refractivity contribution in [2.24, 2.45) is 0 Å². The first kappa shape index (κ1) is 9.33. The largest absolute Gasteiger partial charge is 0.391 e. The molecule has 2 rings (SSSR count). The van der Waals surface area contributed by atoms with Crippen molar-refractivity contribution in [1.29, 1.82) is 0 Å². The molecule has 0 aromatic rings. The molecule has 0 aromatic carbocycles. The number of hydrogen-bond donors (Lipinski definition) is 3. The van der Waals surface area contributed by atoms with E-state index in [1.54, 1.807) is 4.90 Å². The Bertz CT molecular complexity index is 204. The zero-order chi connectivity index (χ0) is 9.59. The second-order valence-electron chi connectivity index (χ2n) is 3.79. The van der Waals surface area contributed by atoms with E-state index in [0.717, 1.165) is 0 Å². The summed E-state index contributed by atoms with van der Waals surface area (Å²) in [4.78, 5) is 1.67. The predicted molar refractivity (Wildman–Crippen MR) is 42.9 cm³/mol. The lowest BCUT2D eigenvalue weighted by Gasteiger charge is -2.21. The van der Waals surface area contributed by atoms with Gasteiger partial charge in [0.2, 0.25) is 0 Å². The highest BCUT2D eigenvalue weighted by atomic mass is 19.1. The van der Waals surface area contributed by atoms with Gasteiger partial charge in [0, 0.05) is 6.54 Å². The maximum Gasteiger partial charge on any atom is 0.108 e. The van der Waals surface area contributed by atoms with E-state index in [-0.39, 0.29) is 0 Å². The Morgan fingerprint density at radius 1 is 1.23 bits per heavy atom. The molecule has 5 heteroatoms. The highest BCUT2D eigenvalue weighted by molar-refractivity contribution is 5.06. The second kappa shape index (κ2) is 3.16. The Morgan fingerprint density at radius 3 is 2.54 bits per heavy atom. The summed E-state index contributed by atoms with van der Waals surface area (Å²) in [5.74, 6) is 0. The summed E-state index contributed by atoms with van der Waals surface area (Å²) in [5.41, 5.74) is 0. The number of fused-ring (bicyclic) bond motifs is 1. The molecule has 0 aromatic heterocycles. The van der Waals surface area contributed by atoms with Crippen molar-refractivity contribution in [3.05, 3.63) is 0 Å². The Labute approximate surface area is 75.6 Å².